The lowest BCUT2D eigenvalue weighted by Crippen LogP contribution is -2.52. The first kappa shape index (κ1) is 20.8. The standard InChI is InChI=1S/C21H29N3O3S/c1-3-9-24(20-8-14-28(26,27)17-20)16-21(25)23-12-10-22(11-13-23)15-19-7-5-4-6-18(19)2/h1,4-7,20H,8-17H2,2H3. The number of sulfone groups is 1. The van der Waals surface area contributed by atoms with Crippen molar-refractivity contribution >= 4 is 15.7 Å². The Balaban J connectivity index is 1.51. The van der Waals surface area contributed by atoms with E-state index in [0.29, 0.717) is 26.1 Å². The van der Waals surface area contributed by atoms with Crippen molar-refractivity contribution in [2.45, 2.75) is 25.9 Å². The monoisotopic (exact) mass is 403 g/mol. The van der Waals surface area contributed by atoms with E-state index < -0.39 is 9.84 Å². The minimum Gasteiger partial charge on any atom is -0.339 e. The molecule has 1 amide bonds. The van der Waals surface area contributed by atoms with Crippen molar-refractivity contribution in [1.82, 2.24) is 14.7 Å². The molecule has 0 aromatic heterocycles. The van der Waals surface area contributed by atoms with Gasteiger partial charge in [0.2, 0.25) is 5.91 Å². The van der Waals surface area contributed by atoms with Gasteiger partial charge in [-0.25, -0.2) is 8.42 Å². The predicted octanol–water partition coefficient (Wildman–Crippen LogP) is 0.762. The van der Waals surface area contributed by atoms with Gasteiger partial charge in [-0.1, -0.05) is 30.2 Å². The van der Waals surface area contributed by atoms with Crippen LogP contribution in [0.3, 0.4) is 0 Å². The molecular formula is C21H29N3O3S. The van der Waals surface area contributed by atoms with E-state index in [0.717, 1.165) is 19.6 Å². The Morgan fingerprint density at radius 2 is 1.96 bits per heavy atom. The van der Waals surface area contributed by atoms with E-state index in [2.05, 4.69) is 35.9 Å². The Bertz CT molecular complexity index is 839. The van der Waals surface area contributed by atoms with Gasteiger partial charge in [0, 0.05) is 38.8 Å². The van der Waals surface area contributed by atoms with Gasteiger partial charge >= 0.3 is 0 Å². The lowest BCUT2D eigenvalue weighted by Gasteiger charge is -2.36. The molecule has 3 rings (SSSR count). The predicted molar refractivity (Wildman–Crippen MR) is 111 cm³/mol. The van der Waals surface area contributed by atoms with Crippen molar-refractivity contribution in [3.63, 3.8) is 0 Å². The Kier molecular flexibility index (Phi) is 6.76. The van der Waals surface area contributed by atoms with Crippen LogP contribution >= 0.6 is 0 Å². The Labute approximate surface area is 168 Å². The second kappa shape index (κ2) is 9.08. The first-order valence-corrected chi connectivity index (χ1v) is 11.6. The Morgan fingerprint density at radius 1 is 1.25 bits per heavy atom. The average molecular weight is 404 g/mol. The average Bonchev–Trinajstić information content (AvgIpc) is 3.03. The maximum atomic E-state index is 12.8. The molecule has 0 spiro atoms. The minimum absolute atomic E-state index is 0.0371. The van der Waals surface area contributed by atoms with Crippen LogP contribution in [0.4, 0.5) is 0 Å². The van der Waals surface area contributed by atoms with Crippen LogP contribution in [0.25, 0.3) is 0 Å². The highest BCUT2D eigenvalue weighted by molar-refractivity contribution is 7.91. The number of benzene rings is 1. The van der Waals surface area contributed by atoms with Crippen LogP contribution in [0.2, 0.25) is 0 Å². The number of hydrogen-bond donors (Lipinski definition) is 0. The van der Waals surface area contributed by atoms with Gasteiger partial charge in [-0.05, 0) is 24.5 Å². The van der Waals surface area contributed by atoms with Crippen LogP contribution in [0.15, 0.2) is 24.3 Å². The van der Waals surface area contributed by atoms with Crippen LogP contribution in [-0.2, 0) is 21.2 Å². The van der Waals surface area contributed by atoms with Crippen molar-refractivity contribution in [3.8, 4) is 12.3 Å². The van der Waals surface area contributed by atoms with Gasteiger partial charge in [-0.2, -0.15) is 0 Å². The summed E-state index contributed by atoms with van der Waals surface area (Å²) in [6.45, 7) is 6.59. The molecule has 0 radical (unpaired) electrons. The molecule has 7 heteroatoms. The van der Waals surface area contributed by atoms with Crippen molar-refractivity contribution in [2.24, 2.45) is 0 Å². The van der Waals surface area contributed by atoms with Gasteiger partial charge in [-0.15, -0.1) is 6.42 Å². The van der Waals surface area contributed by atoms with E-state index in [9.17, 15) is 13.2 Å². The number of piperazine rings is 1. The van der Waals surface area contributed by atoms with E-state index in [-0.39, 0.29) is 30.0 Å². The zero-order chi connectivity index (χ0) is 20.1. The fourth-order valence-corrected chi connectivity index (χ4v) is 5.71. The summed E-state index contributed by atoms with van der Waals surface area (Å²) in [6, 6.07) is 8.24. The molecule has 1 aromatic carbocycles. The SMILES string of the molecule is C#CCN(CC(=O)N1CCN(Cc2ccccc2C)CC1)C1CCS(=O)(=O)C1. The fourth-order valence-electron chi connectivity index (χ4n) is 3.95. The van der Waals surface area contributed by atoms with Crippen LogP contribution in [-0.4, -0.2) is 85.8 Å². The number of carbonyl (C=O) groups excluding carboxylic acids is 1. The third-order valence-electron chi connectivity index (χ3n) is 5.74. The molecule has 0 saturated carbocycles. The number of rotatable bonds is 6. The number of amides is 1. The highest BCUT2D eigenvalue weighted by atomic mass is 32.2. The van der Waals surface area contributed by atoms with Crippen LogP contribution in [0.1, 0.15) is 17.5 Å². The molecule has 0 bridgehead atoms. The largest absolute Gasteiger partial charge is 0.339 e. The van der Waals surface area contributed by atoms with Crippen LogP contribution in [0, 0.1) is 19.3 Å². The molecule has 152 valence electrons. The second-order valence-electron chi connectivity index (χ2n) is 7.75. The van der Waals surface area contributed by atoms with Gasteiger partial charge in [0.25, 0.3) is 0 Å². The lowest BCUT2D eigenvalue weighted by molar-refractivity contribution is -0.134. The topological polar surface area (TPSA) is 60.9 Å². The summed E-state index contributed by atoms with van der Waals surface area (Å²) < 4.78 is 23.5. The zero-order valence-corrected chi connectivity index (χ0v) is 17.3. The molecule has 2 aliphatic rings. The maximum Gasteiger partial charge on any atom is 0.236 e. The molecule has 1 atom stereocenters. The zero-order valence-electron chi connectivity index (χ0n) is 16.5. The summed E-state index contributed by atoms with van der Waals surface area (Å²) in [5.74, 6) is 2.90. The molecule has 0 aliphatic carbocycles. The van der Waals surface area contributed by atoms with Gasteiger partial charge in [0.15, 0.2) is 9.84 Å². The van der Waals surface area contributed by atoms with Gasteiger partial charge in [-0.3, -0.25) is 14.6 Å². The van der Waals surface area contributed by atoms with Crippen molar-refractivity contribution in [2.75, 3.05) is 50.8 Å². The van der Waals surface area contributed by atoms with Gasteiger partial charge in [0.1, 0.15) is 0 Å². The molecule has 1 unspecified atom stereocenters. The molecule has 2 heterocycles. The van der Waals surface area contributed by atoms with Crippen molar-refractivity contribution < 1.29 is 13.2 Å². The number of carbonyl (C=O) groups is 1. The first-order valence-electron chi connectivity index (χ1n) is 9.80. The Hall–Kier alpha value is -1.88. The summed E-state index contributed by atoms with van der Waals surface area (Å²) in [5, 5.41) is 0. The lowest BCUT2D eigenvalue weighted by atomic mass is 10.1. The molecule has 2 aliphatic heterocycles. The van der Waals surface area contributed by atoms with Crippen molar-refractivity contribution in [1.29, 1.82) is 0 Å². The summed E-state index contributed by atoms with van der Waals surface area (Å²) >= 11 is 0. The third kappa shape index (κ3) is 5.34. The van der Waals surface area contributed by atoms with E-state index in [1.54, 1.807) is 0 Å². The van der Waals surface area contributed by atoms with Gasteiger partial charge in [0.05, 0.1) is 24.6 Å². The third-order valence-corrected chi connectivity index (χ3v) is 7.49. The molecule has 28 heavy (non-hydrogen) atoms. The van der Waals surface area contributed by atoms with Crippen molar-refractivity contribution in [3.05, 3.63) is 35.4 Å². The molecule has 2 fully saturated rings. The molecule has 6 nitrogen and oxygen atoms in total. The normalized spacial score (nSPS) is 22.3. The highest BCUT2D eigenvalue weighted by Gasteiger charge is 2.33. The minimum atomic E-state index is -3.00. The summed E-state index contributed by atoms with van der Waals surface area (Å²) in [6.07, 6.45) is 6.01. The number of nitrogens with zero attached hydrogens (tertiary/aromatic N) is 3. The Morgan fingerprint density at radius 3 is 2.57 bits per heavy atom. The molecule has 0 N–H and O–H groups in total. The van der Waals surface area contributed by atoms with E-state index in [4.69, 9.17) is 6.42 Å². The summed E-state index contributed by atoms with van der Waals surface area (Å²) in [7, 11) is -3.00. The smallest absolute Gasteiger partial charge is 0.236 e. The first-order chi connectivity index (χ1) is 13.4. The van der Waals surface area contributed by atoms with E-state index >= 15 is 0 Å². The summed E-state index contributed by atoms with van der Waals surface area (Å²) in [4.78, 5) is 18.9. The fraction of sp³-hybridized carbons (Fsp3) is 0.571. The maximum absolute atomic E-state index is 12.8. The van der Waals surface area contributed by atoms with E-state index in [1.807, 2.05) is 15.9 Å². The molecule has 2 saturated heterocycles. The highest BCUT2D eigenvalue weighted by Crippen LogP contribution is 2.18. The number of hydrogen-bond acceptors (Lipinski definition) is 5. The number of terminal acetylenes is 1. The van der Waals surface area contributed by atoms with Gasteiger partial charge < -0.3 is 4.90 Å². The van der Waals surface area contributed by atoms with Crippen LogP contribution in [0.5, 0.6) is 0 Å². The summed E-state index contributed by atoms with van der Waals surface area (Å²) in [5.41, 5.74) is 2.61. The quantitative estimate of drug-likeness (QED) is 0.657. The number of aryl methyl sites for hydroxylation is 1. The van der Waals surface area contributed by atoms with E-state index in [1.165, 1.54) is 11.1 Å². The molecule has 1 aromatic rings. The van der Waals surface area contributed by atoms with Crippen LogP contribution < -0.4 is 0 Å². The molecular weight excluding hydrogens is 374 g/mol. The second-order valence-corrected chi connectivity index (χ2v) is 9.98.